The van der Waals surface area contributed by atoms with Crippen molar-refractivity contribution in [3.8, 4) is 0 Å². The van der Waals surface area contributed by atoms with Crippen molar-refractivity contribution >= 4 is 11.8 Å². The van der Waals surface area contributed by atoms with Gasteiger partial charge in [-0.15, -0.1) is 0 Å². The molecule has 1 aromatic heterocycles. The van der Waals surface area contributed by atoms with Crippen LogP contribution in [0, 0.1) is 6.92 Å². The Bertz CT molecular complexity index is 783. The summed E-state index contributed by atoms with van der Waals surface area (Å²) in [5.41, 5.74) is 0.991. The molecule has 3 rings (SSSR count). The Hall–Kier alpha value is -2.61. The van der Waals surface area contributed by atoms with Gasteiger partial charge >= 0.3 is 12.1 Å². The number of carboxylic acid groups (broad SMARTS) is 1. The van der Waals surface area contributed by atoms with Gasteiger partial charge in [-0.3, -0.25) is 9.69 Å². The molecule has 1 aliphatic heterocycles. The molecule has 0 radical (unpaired) electrons. The zero-order chi connectivity index (χ0) is 19.6. The molecular formula is C19H20F3N3O2. The average molecular weight is 379 g/mol. The van der Waals surface area contributed by atoms with Gasteiger partial charge in [0.1, 0.15) is 11.9 Å². The van der Waals surface area contributed by atoms with E-state index in [4.69, 9.17) is 0 Å². The number of nitrogens with zero attached hydrogens (tertiary/aromatic N) is 3. The van der Waals surface area contributed by atoms with E-state index in [1.165, 1.54) is 6.07 Å². The van der Waals surface area contributed by atoms with Crippen LogP contribution < -0.4 is 4.90 Å². The summed E-state index contributed by atoms with van der Waals surface area (Å²) in [5.74, 6) is -0.454. The SMILES string of the molecule is Cc1ccc(C(C(=O)O)N2CCN(c3ccc(C(F)(F)F)cn3)CC2)cc1. The zero-order valence-electron chi connectivity index (χ0n) is 14.8. The van der Waals surface area contributed by atoms with E-state index in [1.54, 1.807) is 0 Å². The van der Waals surface area contributed by atoms with Gasteiger partial charge in [-0.1, -0.05) is 29.8 Å². The topological polar surface area (TPSA) is 56.7 Å². The van der Waals surface area contributed by atoms with Gasteiger partial charge in [0.15, 0.2) is 0 Å². The minimum atomic E-state index is -4.41. The molecule has 0 spiro atoms. The number of hydrogen-bond acceptors (Lipinski definition) is 4. The molecule has 1 aromatic carbocycles. The molecule has 1 aliphatic rings. The van der Waals surface area contributed by atoms with Crippen molar-refractivity contribution in [3.05, 3.63) is 59.3 Å². The van der Waals surface area contributed by atoms with Crippen LogP contribution >= 0.6 is 0 Å². The Morgan fingerprint density at radius 1 is 1.07 bits per heavy atom. The van der Waals surface area contributed by atoms with E-state index in [-0.39, 0.29) is 0 Å². The van der Waals surface area contributed by atoms with Crippen molar-refractivity contribution in [1.82, 2.24) is 9.88 Å². The fourth-order valence-corrected chi connectivity index (χ4v) is 3.21. The number of alkyl halides is 3. The molecule has 1 saturated heterocycles. The molecule has 1 N–H and O–H groups in total. The number of halogens is 3. The molecule has 1 fully saturated rings. The minimum absolute atomic E-state index is 0.463. The Morgan fingerprint density at radius 2 is 1.70 bits per heavy atom. The molecule has 27 heavy (non-hydrogen) atoms. The van der Waals surface area contributed by atoms with Gasteiger partial charge < -0.3 is 10.0 Å². The van der Waals surface area contributed by atoms with E-state index < -0.39 is 23.8 Å². The maximum Gasteiger partial charge on any atom is 0.417 e. The van der Waals surface area contributed by atoms with Crippen LogP contribution in [0.3, 0.4) is 0 Å². The van der Waals surface area contributed by atoms with Crippen molar-refractivity contribution in [2.24, 2.45) is 0 Å². The first-order chi connectivity index (χ1) is 12.8. The lowest BCUT2D eigenvalue weighted by Gasteiger charge is -2.38. The van der Waals surface area contributed by atoms with Gasteiger partial charge in [0.25, 0.3) is 0 Å². The third-order valence-corrected chi connectivity index (χ3v) is 4.71. The molecule has 0 bridgehead atoms. The molecule has 8 heteroatoms. The first-order valence-corrected chi connectivity index (χ1v) is 8.57. The monoisotopic (exact) mass is 379 g/mol. The normalized spacial score (nSPS) is 17.0. The number of hydrogen-bond donors (Lipinski definition) is 1. The standard InChI is InChI=1S/C19H20F3N3O2/c1-13-2-4-14(5-3-13)17(18(26)27)25-10-8-24(9-11-25)16-7-6-15(12-23-16)19(20,21)22/h2-7,12,17H,8-11H2,1H3,(H,26,27). The van der Waals surface area contributed by atoms with Crippen molar-refractivity contribution in [2.45, 2.75) is 19.1 Å². The molecule has 0 amide bonds. The summed E-state index contributed by atoms with van der Waals surface area (Å²) in [7, 11) is 0. The van der Waals surface area contributed by atoms with Gasteiger partial charge in [0.2, 0.25) is 0 Å². The van der Waals surface area contributed by atoms with Crippen molar-refractivity contribution < 1.29 is 23.1 Å². The lowest BCUT2D eigenvalue weighted by atomic mass is 10.0. The van der Waals surface area contributed by atoms with Crippen LogP contribution in [-0.4, -0.2) is 47.1 Å². The highest BCUT2D eigenvalue weighted by Gasteiger charge is 2.32. The number of carboxylic acids is 1. The van der Waals surface area contributed by atoms with E-state index in [1.807, 2.05) is 41.0 Å². The lowest BCUT2D eigenvalue weighted by molar-refractivity contribution is -0.143. The van der Waals surface area contributed by atoms with E-state index in [0.717, 1.165) is 17.8 Å². The van der Waals surface area contributed by atoms with E-state index >= 15 is 0 Å². The number of aliphatic carboxylic acids is 1. The predicted octanol–water partition coefficient (Wildman–Crippen LogP) is 3.36. The number of rotatable bonds is 4. The maximum absolute atomic E-state index is 12.6. The largest absolute Gasteiger partial charge is 0.480 e. The summed E-state index contributed by atoms with van der Waals surface area (Å²) >= 11 is 0. The Morgan fingerprint density at radius 3 is 2.19 bits per heavy atom. The molecule has 1 atom stereocenters. The first kappa shape index (κ1) is 19.2. The van der Waals surface area contributed by atoms with Crippen LogP contribution in [0.25, 0.3) is 0 Å². The molecule has 2 heterocycles. The van der Waals surface area contributed by atoms with Crippen LogP contribution in [0.15, 0.2) is 42.6 Å². The molecule has 1 unspecified atom stereocenters. The highest BCUT2D eigenvalue weighted by Crippen LogP contribution is 2.30. The van der Waals surface area contributed by atoms with Crippen LogP contribution in [0.5, 0.6) is 0 Å². The van der Waals surface area contributed by atoms with Gasteiger partial charge in [-0.2, -0.15) is 13.2 Å². The van der Waals surface area contributed by atoms with Crippen LogP contribution in [0.2, 0.25) is 0 Å². The summed E-state index contributed by atoms with van der Waals surface area (Å²) in [6.45, 7) is 3.89. The van der Waals surface area contributed by atoms with Crippen LogP contribution in [0.4, 0.5) is 19.0 Å². The Balaban J connectivity index is 1.68. The minimum Gasteiger partial charge on any atom is -0.480 e. The summed E-state index contributed by atoms with van der Waals surface area (Å²) in [6, 6.07) is 9.03. The van der Waals surface area contributed by atoms with Gasteiger partial charge in [0.05, 0.1) is 5.56 Å². The summed E-state index contributed by atoms with van der Waals surface area (Å²) in [6.07, 6.45) is -3.58. The molecule has 0 saturated carbocycles. The number of pyridine rings is 1. The molecule has 2 aromatic rings. The molecule has 5 nitrogen and oxygen atoms in total. The van der Waals surface area contributed by atoms with E-state index in [9.17, 15) is 23.1 Å². The third kappa shape index (κ3) is 4.39. The molecular weight excluding hydrogens is 359 g/mol. The number of anilines is 1. The fourth-order valence-electron chi connectivity index (χ4n) is 3.21. The van der Waals surface area contributed by atoms with Crippen molar-refractivity contribution in [1.29, 1.82) is 0 Å². The second-order valence-corrected chi connectivity index (χ2v) is 6.58. The number of benzene rings is 1. The van der Waals surface area contributed by atoms with E-state index in [2.05, 4.69) is 4.98 Å². The highest BCUT2D eigenvalue weighted by molar-refractivity contribution is 5.75. The summed E-state index contributed by atoms with van der Waals surface area (Å²) in [5, 5.41) is 9.66. The predicted molar refractivity (Wildman–Crippen MR) is 94.6 cm³/mol. The smallest absolute Gasteiger partial charge is 0.417 e. The third-order valence-electron chi connectivity index (χ3n) is 4.71. The number of aryl methyl sites for hydroxylation is 1. The second kappa shape index (κ2) is 7.56. The zero-order valence-corrected chi connectivity index (χ0v) is 14.8. The first-order valence-electron chi connectivity index (χ1n) is 8.57. The van der Waals surface area contributed by atoms with Crippen molar-refractivity contribution in [2.75, 3.05) is 31.1 Å². The number of piperazine rings is 1. The Kier molecular flexibility index (Phi) is 5.36. The Labute approximate surface area is 155 Å². The quantitative estimate of drug-likeness (QED) is 0.883. The lowest BCUT2D eigenvalue weighted by Crippen LogP contribution is -2.49. The highest BCUT2D eigenvalue weighted by atomic mass is 19.4. The van der Waals surface area contributed by atoms with E-state index in [0.29, 0.717) is 37.6 Å². The fraction of sp³-hybridized carbons (Fsp3) is 0.368. The van der Waals surface area contributed by atoms with Gasteiger partial charge in [-0.05, 0) is 24.6 Å². The van der Waals surface area contributed by atoms with Crippen LogP contribution in [-0.2, 0) is 11.0 Å². The summed E-state index contributed by atoms with van der Waals surface area (Å²) < 4.78 is 37.9. The average Bonchev–Trinajstić information content (AvgIpc) is 2.63. The van der Waals surface area contributed by atoms with Gasteiger partial charge in [-0.25, -0.2) is 4.98 Å². The molecule has 144 valence electrons. The maximum atomic E-state index is 12.6. The molecule has 0 aliphatic carbocycles. The van der Waals surface area contributed by atoms with Crippen molar-refractivity contribution in [3.63, 3.8) is 0 Å². The summed E-state index contributed by atoms with van der Waals surface area (Å²) in [4.78, 5) is 19.4. The number of aromatic nitrogens is 1. The van der Waals surface area contributed by atoms with Gasteiger partial charge in [0, 0.05) is 32.4 Å². The second-order valence-electron chi connectivity index (χ2n) is 6.58. The number of carbonyl (C=O) groups is 1. The van der Waals surface area contributed by atoms with Crippen LogP contribution in [0.1, 0.15) is 22.7 Å².